The molecule has 1 heterocycles. The van der Waals surface area contributed by atoms with Crippen LogP contribution in [0.5, 0.6) is 5.75 Å². The molecule has 1 saturated heterocycles. The van der Waals surface area contributed by atoms with Crippen LogP contribution in [0.2, 0.25) is 0 Å². The Hall–Kier alpha value is -1.75. The van der Waals surface area contributed by atoms with E-state index in [1.54, 1.807) is 19.2 Å². The van der Waals surface area contributed by atoms with Crippen LogP contribution in [0.4, 0.5) is 5.69 Å². The van der Waals surface area contributed by atoms with Crippen LogP contribution in [-0.2, 0) is 16.1 Å². The number of rotatable bonds is 4. The van der Waals surface area contributed by atoms with Gasteiger partial charge >= 0.3 is 0 Å². The van der Waals surface area contributed by atoms with Gasteiger partial charge in [0.1, 0.15) is 5.75 Å². The van der Waals surface area contributed by atoms with E-state index in [2.05, 4.69) is 5.32 Å². The molecule has 1 aliphatic rings. The predicted molar refractivity (Wildman–Crippen MR) is 72.8 cm³/mol. The first-order valence-corrected chi connectivity index (χ1v) is 6.42. The van der Waals surface area contributed by atoms with Gasteiger partial charge in [-0.25, -0.2) is 0 Å². The van der Waals surface area contributed by atoms with Crippen molar-refractivity contribution in [2.75, 3.05) is 19.5 Å². The van der Waals surface area contributed by atoms with E-state index in [1.165, 1.54) is 0 Å². The van der Waals surface area contributed by atoms with Crippen molar-refractivity contribution in [1.82, 2.24) is 5.32 Å². The maximum atomic E-state index is 12.0. The molecule has 19 heavy (non-hydrogen) atoms. The molecule has 1 fully saturated rings. The number of nitrogens with two attached hydrogens (primary N) is 1. The van der Waals surface area contributed by atoms with Crippen molar-refractivity contribution in [1.29, 1.82) is 0 Å². The van der Waals surface area contributed by atoms with E-state index >= 15 is 0 Å². The fourth-order valence-electron chi connectivity index (χ4n) is 2.26. The Morgan fingerprint density at radius 2 is 2.37 bits per heavy atom. The average molecular weight is 264 g/mol. The molecule has 1 aromatic carbocycles. The third-order valence-electron chi connectivity index (χ3n) is 3.33. The highest BCUT2D eigenvalue weighted by atomic mass is 16.5. The van der Waals surface area contributed by atoms with Crippen LogP contribution in [0.3, 0.4) is 0 Å². The summed E-state index contributed by atoms with van der Waals surface area (Å²) in [7, 11) is 1.60. The van der Waals surface area contributed by atoms with Gasteiger partial charge in [0.15, 0.2) is 0 Å². The van der Waals surface area contributed by atoms with E-state index in [1.807, 2.05) is 13.0 Å². The van der Waals surface area contributed by atoms with Crippen LogP contribution in [0.25, 0.3) is 0 Å². The first-order valence-electron chi connectivity index (χ1n) is 6.42. The van der Waals surface area contributed by atoms with Crippen LogP contribution >= 0.6 is 0 Å². The summed E-state index contributed by atoms with van der Waals surface area (Å²) in [5.41, 5.74) is 7.27. The summed E-state index contributed by atoms with van der Waals surface area (Å²) in [6.45, 7) is 2.90. The van der Waals surface area contributed by atoms with Gasteiger partial charge in [-0.3, -0.25) is 4.79 Å². The van der Waals surface area contributed by atoms with Crippen LogP contribution in [0.15, 0.2) is 18.2 Å². The second-order valence-electron chi connectivity index (χ2n) is 4.87. The Bertz CT molecular complexity index is 462. The van der Waals surface area contributed by atoms with E-state index in [0.717, 1.165) is 17.7 Å². The second-order valence-corrected chi connectivity index (χ2v) is 4.87. The standard InChI is InChI=1S/C14H20N2O3/c1-9-5-11(8-19-9)14(17)16-7-10-6-12(15)3-4-13(10)18-2/h3-4,6,9,11H,5,7-8,15H2,1-2H3,(H,16,17). The lowest BCUT2D eigenvalue weighted by atomic mass is 10.1. The summed E-state index contributed by atoms with van der Waals surface area (Å²) in [5.74, 6) is 0.696. The Labute approximate surface area is 113 Å². The number of carbonyl (C=O) groups is 1. The van der Waals surface area contributed by atoms with Crippen LogP contribution in [0, 0.1) is 5.92 Å². The number of hydrogen-bond donors (Lipinski definition) is 2. The third-order valence-corrected chi connectivity index (χ3v) is 3.33. The normalized spacial score (nSPS) is 22.2. The van der Waals surface area contributed by atoms with Crippen molar-refractivity contribution in [3.63, 3.8) is 0 Å². The Morgan fingerprint density at radius 3 is 3.00 bits per heavy atom. The molecule has 104 valence electrons. The zero-order valence-corrected chi connectivity index (χ0v) is 11.3. The van der Waals surface area contributed by atoms with Crippen molar-refractivity contribution >= 4 is 11.6 Å². The molecule has 0 bridgehead atoms. The van der Waals surface area contributed by atoms with Gasteiger partial charge in [0, 0.05) is 17.8 Å². The van der Waals surface area contributed by atoms with Crippen LogP contribution in [0.1, 0.15) is 18.9 Å². The topological polar surface area (TPSA) is 73.6 Å². The third kappa shape index (κ3) is 3.38. The van der Waals surface area contributed by atoms with Gasteiger partial charge in [-0.2, -0.15) is 0 Å². The van der Waals surface area contributed by atoms with Gasteiger partial charge in [-0.15, -0.1) is 0 Å². The minimum atomic E-state index is -0.0537. The van der Waals surface area contributed by atoms with E-state index in [4.69, 9.17) is 15.2 Å². The number of benzene rings is 1. The summed E-state index contributed by atoms with van der Waals surface area (Å²) in [6.07, 6.45) is 0.942. The molecular weight excluding hydrogens is 244 g/mol. The molecule has 0 aromatic heterocycles. The summed E-state index contributed by atoms with van der Waals surface area (Å²) >= 11 is 0. The highest BCUT2D eigenvalue weighted by Gasteiger charge is 2.28. The monoisotopic (exact) mass is 264 g/mol. The van der Waals surface area contributed by atoms with Crippen molar-refractivity contribution in [3.05, 3.63) is 23.8 Å². The van der Waals surface area contributed by atoms with Gasteiger partial charge in [-0.05, 0) is 31.5 Å². The van der Waals surface area contributed by atoms with Gasteiger partial charge < -0.3 is 20.5 Å². The molecule has 5 nitrogen and oxygen atoms in total. The molecule has 5 heteroatoms. The van der Waals surface area contributed by atoms with Crippen molar-refractivity contribution < 1.29 is 14.3 Å². The fraction of sp³-hybridized carbons (Fsp3) is 0.500. The van der Waals surface area contributed by atoms with Gasteiger partial charge in [-0.1, -0.05) is 0 Å². The van der Waals surface area contributed by atoms with Crippen molar-refractivity contribution in [2.45, 2.75) is 26.0 Å². The zero-order valence-electron chi connectivity index (χ0n) is 11.3. The lowest BCUT2D eigenvalue weighted by molar-refractivity contribution is -0.125. The Morgan fingerprint density at radius 1 is 1.58 bits per heavy atom. The molecule has 2 rings (SSSR count). The molecule has 1 amide bonds. The number of ether oxygens (including phenoxy) is 2. The summed E-state index contributed by atoms with van der Waals surface area (Å²) in [4.78, 5) is 12.0. The van der Waals surface area contributed by atoms with E-state index in [0.29, 0.717) is 18.8 Å². The Kier molecular flexibility index (Phi) is 4.27. The Balaban J connectivity index is 1.95. The van der Waals surface area contributed by atoms with Crippen molar-refractivity contribution in [2.24, 2.45) is 5.92 Å². The smallest absolute Gasteiger partial charge is 0.225 e. The van der Waals surface area contributed by atoms with Crippen LogP contribution in [-0.4, -0.2) is 25.7 Å². The lowest BCUT2D eigenvalue weighted by Crippen LogP contribution is -2.30. The van der Waals surface area contributed by atoms with Crippen molar-refractivity contribution in [3.8, 4) is 5.75 Å². The molecule has 1 aliphatic heterocycles. The number of methoxy groups -OCH3 is 1. The summed E-state index contributed by atoms with van der Waals surface area (Å²) in [5, 5.41) is 2.91. The number of anilines is 1. The molecule has 0 radical (unpaired) electrons. The molecule has 0 saturated carbocycles. The van der Waals surface area contributed by atoms with E-state index in [-0.39, 0.29) is 17.9 Å². The molecule has 1 aromatic rings. The SMILES string of the molecule is COc1ccc(N)cc1CNC(=O)C1COC(C)C1. The summed E-state index contributed by atoms with van der Waals surface area (Å²) in [6, 6.07) is 5.39. The summed E-state index contributed by atoms with van der Waals surface area (Å²) < 4.78 is 10.6. The maximum absolute atomic E-state index is 12.0. The zero-order chi connectivity index (χ0) is 13.8. The first-order chi connectivity index (χ1) is 9.10. The molecule has 2 unspecified atom stereocenters. The molecule has 0 spiro atoms. The van der Waals surface area contributed by atoms with Gasteiger partial charge in [0.25, 0.3) is 0 Å². The molecule has 0 aliphatic carbocycles. The van der Waals surface area contributed by atoms with Gasteiger partial charge in [0.2, 0.25) is 5.91 Å². The quantitative estimate of drug-likeness (QED) is 0.804. The minimum absolute atomic E-state index is 0.0221. The molecular formula is C14H20N2O3. The number of amides is 1. The molecule has 2 atom stereocenters. The van der Waals surface area contributed by atoms with Gasteiger partial charge in [0.05, 0.1) is 25.7 Å². The number of carbonyl (C=O) groups excluding carboxylic acids is 1. The minimum Gasteiger partial charge on any atom is -0.496 e. The lowest BCUT2D eigenvalue weighted by Gasteiger charge is -2.12. The number of nitrogens with one attached hydrogen (secondary N) is 1. The highest BCUT2D eigenvalue weighted by Crippen LogP contribution is 2.22. The average Bonchev–Trinajstić information content (AvgIpc) is 2.83. The predicted octanol–water partition coefficient (Wildman–Crippen LogP) is 1.32. The highest BCUT2D eigenvalue weighted by molar-refractivity contribution is 5.79. The second kappa shape index (κ2) is 5.93. The van der Waals surface area contributed by atoms with Crippen LogP contribution < -0.4 is 15.8 Å². The number of nitrogen functional groups attached to an aromatic ring is 1. The van der Waals surface area contributed by atoms with E-state index in [9.17, 15) is 4.79 Å². The fourth-order valence-corrected chi connectivity index (χ4v) is 2.26. The first kappa shape index (κ1) is 13.7. The largest absolute Gasteiger partial charge is 0.496 e. The number of hydrogen-bond acceptors (Lipinski definition) is 4. The molecule has 3 N–H and O–H groups in total. The van der Waals surface area contributed by atoms with E-state index < -0.39 is 0 Å². The maximum Gasteiger partial charge on any atom is 0.225 e.